The second kappa shape index (κ2) is 11.0. The fourth-order valence-electron chi connectivity index (χ4n) is 3.87. The molecule has 2 saturated heterocycles. The molecule has 3 rings (SSSR count). The molecule has 1 atom stereocenters. The number of ether oxygens (including phenoxy) is 2. The molecule has 0 bridgehead atoms. The van der Waals surface area contributed by atoms with E-state index < -0.39 is 12.8 Å². The first kappa shape index (κ1) is 22.8. The van der Waals surface area contributed by atoms with E-state index in [1.807, 2.05) is 25.1 Å². The van der Waals surface area contributed by atoms with Crippen LogP contribution in [-0.4, -0.2) is 80.5 Å². The van der Waals surface area contributed by atoms with E-state index in [2.05, 4.69) is 15.1 Å². The van der Waals surface area contributed by atoms with Gasteiger partial charge in [-0.3, -0.25) is 4.90 Å². The highest BCUT2D eigenvalue weighted by molar-refractivity contribution is 5.80. The molecular formula is C21H31F3N4O2. The number of guanidine groups is 1. The van der Waals surface area contributed by atoms with Crippen LogP contribution in [0.2, 0.25) is 0 Å². The van der Waals surface area contributed by atoms with Crippen molar-refractivity contribution in [3.8, 4) is 0 Å². The zero-order valence-electron chi connectivity index (χ0n) is 17.5. The Kier molecular flexibility index (Phi) is 8.35. The highest BCUT2D eigenvalue weighted by Gasteiger charge is 2.30. The van der Waals surface area contributed by atoms with Crippen LogP contribution in [0.1, 0.15) is 24.5 Å². The molecule has 1 unspecified atom stereocenters. The van der Waals surface area contributed by atoms with Gasteiger partial charge in [0.1, 0.15) is 6.61 Å². The number of halogens is 3. The molecule has 0 aromatic heterocycles. The Labute approximate surface area is 176 Å². The summed E-state index contributed by atoms with van der Waals surface area (Å²) in [5, 5.41) is 3.37. The zero-order chi connectivity index (χ0) is 21.4. The summed E-state index contributed by atoms with van der Waals surface area (Å²) < 4.78 is 47.0. The van der Waals surface area contributed by atoms with Gasteiger partial charge in [0.15, 0.2) is 5.96 Å². The number of nitrogens with one attached hydrogen (secondary N) is 1. The Bertz CT molecular complexity index is 693. The normalized spacial score (nSPS) is 21.3. The van der Waals surface area contributed by atoms with E-state index in [4.69, 9.17) is 14.5 Å². The molecule has 1 aromatic carbocycles. The Morgan fingerprint density at radius 3 is 2.73 bits per heavy atom. The Morgan fingerprint density at radius 2 is 2.00 bits per heavy atom. The number of rotatable bonds is 7. The van der Waals surface area contributed by atoms with Crippen LogP contribution in [0.25, 0.3) is 0 Å². The van der Waals surface area contributed by atoms with Crippen LogP contribution in [0.15, 0.2) is 29.3 Å². The Hall–Kier alpha value is -1.84. The van der Waals surface area contributed by atoms with Crippen molar-refractivity contribution in [3.05, 3.63) is 35.4 Å². The highest BCUT2D eigenvalue weighted by atomic mass is 19.4. The van der Waals surface area contributed by atoms with Crippen LogP contribution >= 0.6 is 0 Å². The van der Waals surface area contributed by atoms with Gasteiger partial charge < -0.3 is 19.7 Å². The quantitative estimate of drug-likeness (QED) is 0.535. The summed E-state index contributed by atoms with van der Waals surface area (Å²) in [6.45, 7) is 7.45. The molecule has 2 aliphatic heterocycles. The second-order valence-corrected chi connectivity index (χ2v) is 7.63. The lowest BCUT2D eigenvalue weighted by Gasteiger charge is -2.32. The summed E-state index contributed by atoms with van der Waals surface area (Å²) in [7, 11) is 0. The first-order valence-corrected chi connectivity index (χ1v) is 10.5. The number of likely N-dealkylation sites (tertiary alicyclic amines) is 1. The second-order valence-electron chi connectivity index (χ2n) is 7.63. The molecule has 0 amide bonds. The molecule has 1 aromatic rings. The van der Waals surface area contributed by atoms with Crippen molar-refractivity contribution in [2.45, 2.75) is 38.7 Å². The van der Waals surface area contributed by atoms with Gasteiger partial charge in [-0.2, -0.15) is 13.2 Å². The third kappa shape index (κ3) is 7.14. The Morgan fingerprint density at radius 1 is 1.23 bits per heavy atom. The van der Waals surface area contributed by atoms with Gasteiger partial charge in [-0.25, -0.2) is 4.99 Å². The molecule has 2 heterocycles. The first-order chi connectivity index (χ1) is 14.4. The van der Waals surface area contributed by atoms with Crippen molar-refractivity contribution in [1.29, 1.82) is 0 Å². The summed E-state index contributed by atoms with van der Waals surface area (Å²) in [4.78, 5) is 9.56. The molecule has 30 heavy (non-hydrogen) atoms. The van der Waals surface area contributed by atoms with Gasteiger partial charge in [0.2, 0.25) is 0 Å². The number of hydrogen-bond donors (Lipinski definition) is 1. The summed E-state index contributed by atoms with van der Waals surface area (Å²) in [6, 6.07) is 7.90. The van der Waals surface area contributed by atoms with Gasteiger partial charge in [-0.05, 0) is 24.5 Å². The minimum Gasteiger partial charge on any atom is -0.379 e. The van der Waals surface area contributed by atoms with Crippen LogP contribution in [0.4, 0.5) is 13.2 Å². The number of aliphatic imine (C=N–C) groups is 1. The number of alkyl halides is 3. The molecule has 0 aliphatic carbocycles. The van der Waals surface area contributed by atoms with Crippen LogP contribution in [0.5, 0.6) is 0 Å². The van der Waals surface area contributed by atoms with Crippen molar-refractivity contribution in [2.75, 3.05) is 52.5 Å². The number of nitrogens with zero attached hydrogens (tertiary/aromatic N) is 3. The van der Waals surface area contributed by atoms with Gasteiger partial charge >= 0.3 is 6.18 Å². The minimum atomic E-state index is -4.31. The average molecular weight is 428 g/mol. The maximum atomic E-state index is 12.3. The molecule has 1 N–H and O–H groups in total. The summed E-state index contributed by atoms with van der Waals surface area (Å²) in [5.74, 6) is 0.881. The predicted octanol–water partition coefficient (Wildman–Crippen LogP) is 2.64. The van der Waals surface area contributed by atoms with Crippen molar-refractivity contribution >= 4 is 5.96 Å². The van der Waals surface area contributed by atoms with Crippen molar-refractivity contribution < 1.29 is 22.6 Å². The molecule has 6 nitrogen and oxygen atoms in total. The first-order valence-electron chi connectivity index (χ1n) is 10.5. The maximum absolute atomic E-state index is 12.3. The molecule has 0 spiro atoms. The fourth-order valence-corrected chi connectivity index (χ4v) is 3.87. The molecule has 2 aliphatic rings. The van der Waals surface area contributed by atoms with Crippen LogP contribution in [0, 0.1) is 0 Å². The lowest BCUT2D eigenvalue weighted by atomic mass is 10.1. The zero-order valence-corrected chi connectivity index (χ0v) is 17.5. The monoisotopic (exact) mass is 428 g/mol. The van der Waals surface area contributed by atoms with Crippen LogP contribution in [-0.2, 0) is 22.6 Å². The predicted molar refractivity (Wildman–Crippen MR) is 109 cm³/mol. The van der Waals surface area contributed by atoms with Crippen molar-refractivity contribution in [1.82, 2.24) is 15.1 Å². The third-order valence-corrected chi connectivity index (χ3v) is 5.30. The summed E-state index contributed by atoms with van der Waals surface area (Å²) in [6.07, 6.45) is -3.20. The van der Waals surface area contributed by atoms with E-state index in [-0.39, 0.29) is 6.61 Å². The van der Waals surface area contributed by atoms with E-state index in [1.54, 1.807) is 6.07 Å². The fraction of sp³-hybridized carbons (Fsp3) is 0.667. The lowest BCUT2D eigenvalue weighted by molar-refractivity contribution is -0.176. The van der Waals surface area contributed by atoms with Crippen LogP contribution in [0.3, 0.4) is 0 Å². The van der Waals surface area contributed by atoms with Gasteiger partial charge in [-0.15, -0.1) is 0 Å². The van der Waals surface area contributed by atoms with Gasteiger partial charge in [0, 0.05) is 38.8 Å². The largest absolute Gasteiger partial charge is 0.411 e. The highest BCUT2D eigenvalue weighted by Crippen LogP contribution is 2.18. The van der Waals surface area contributed by atoms with E-state index in [0.717, 1.165) is 63.9 Å². The van der Waals surface area contributed by atoms with Crippen molar-refractivity contribution in [2.24, 2.45) is 4.99 Å². The molecule has 0 radical (unpaired) electrons. The van der Waals surface area contributed by atoms with E-state index >= 15 is 0 Å². The van der Waals surface area contributed by atoms with E-state index in [0.29, 0.717) is 18.2 Å². The van der Waals surface area contributed by atoms with E-state index in [9.17, 15) is 13.2 Å². The molecular weight excluding hydrogens is 397 g/mol. The summed E-state index contributed by atoms with van der Waals surface area (Å²) in [5.41, 5.74) is 1.66. The maximum Gasteiger partial charge on any atom is 0.411 e. The average Bonchev–Trinajstić information content (AvgIpc) is 3.21. The topological polar surface area (TPSA) is 49.3 Å². The van der Waals surface area contributed by atoms with Gasteiger partial charge in [0.05, 0.1) is 26.4 Å². The SMILES string of the molecule is CCNC(=NCc1cccc(COCC(F)(F)F)c1)N1CCC(N2CCOCC2)C1. The lowest BCUT2D eigenvalue weighted by Crippen LogP contribution is -2.46. The molecule has 168 valence electrons. The summed E-state index contributed by atoms with van der Waals surface area (Å²) >= 11 is 0. The number of benzene rings is 1. The smallest absolute Gasteiger partial charge is 0.379 e. The van der Waals surface area contributed by atoms with Crippen LogP contribution < -0.4 is 5.32 Å². The molecule has 2 fully saturated rings. The third-order valence-electron chi connectivity index (χ3n) is 5.30. The standard InChI is InChI=1S/C21H31F3N4O2/c1-2-25-20(28-7-6-19(14-28)27-8-10-29-11-9-27)26-13-17-4-3-5-18(12-17)15-30-16-21(22,23)24/h3-5,12,19H,2,6-11,13-16H2,1H3,(H,25,26). The minimum absolute atomic E-state index is 0.0650. The molecule has 0 saturated carbocycles. The number of morpholine rings is 1. The van der Waals surface area contributed by atoms with Gasteiger partial charge in [0.25, 0.3) is 0 Å². The van der Waals surface area contributed by atoms with Gasteiger partial charge in [-0.1, -0.05) is 24.3 Å². The van der Waals surface area contributed by atoms with E-state index in [1.165, 1.54) is 0 Å². The molecule has 9 heteroatoms. The number of hydrogen-bond acceptors (Lipinski definition) is 4. The Balaban J connectivity index is 1.56. The van der Waals surface area contributed by atoms with Crippen molar-refractivity contribution in [3.63, 3.8) is 0 Å².